The van der Waals surface area contributed by atoms with Crippen molar-refractivity contribution in [2.75, 3.05) is 24.7 Å². The van der Waals surface area contributed by atoms with E-state index in [1.807, 2.05) is 31.2 Å². The van der Waals surface area contributed by atoms with Gasteiger partial charge in [0.15, 0.2) is 4.34 Å². The zero-order valence-electron chi connectivity index (χ0n) is 16.1. The number of hydrogen-bond donors (Lipinski definition) is 1. The summed E-state index contributed by atoms with van der Waals surface area (Å²) in [5.74, 6) is 0.524. The van der Waals surface area contributed by atoms with E-state index in [9.17, 15) is 9.18 Å². The Hall–Kier alpha value is -2.65. The third-order valence-electron chi connectivity index (χ3n) is 3.95. The first-order valence-electron chi connectivity index (χ1n) is 8.99. The van der Waals surface area contributed by atoms with E-state index in [0.717, 1.165) is 11.4 Å². The molecule has 9 heteroatoms. The summed E-state index contributed by atoms with van der Waals surface area (Å²) in [5.41, 5.74) is 1.30. The number of carbonyl (C=O) groups excluding carboxylic acids is 1. The molecular formula is C20H21FN4O2S2. The number of nitrogens with zero attached hydrogens (tertiary/aromatic N) is 3. The number of nitrogens with one attached hydrogen (secondary N) is 1. The standard InChI is InChI=1S/C20H21FN4O2S2/c1-3-27-17-11-7-6-10-16(17)22-19-23-24-20(29-19)28-13-18(26)25(2)12-14-8-4-5-9-15(14)21/h4-11H,3,12-13H2,1-2H3,(H,22,23). The maximum atomic E-state index is 13.7. The fourth-order valence-corrected chi connectivity index (χ4v) is 4.19. The minimum absolute atomic E-state index is 0.107. The SMILES string of the molecule is CCOc1ccccc1Nc1nnc(SCC(=O)N(C)Cc2ccccc2F)s1. The first kappa shape index (κ1) is 21.1. The summed E-state index contributed by atoms with van der Waals surface area (Å²) < 4.78 is 20.0. The van der Waals surface area contributed by atoms with Gasteiger partial charge in [-0.05, 0) is 25.1 Å². The molecule has 1 heterocycles. The Bertz CT molecular complexity index is 967. The van der Waals surface area contributed by atoms with Crippen LogP contribution in [0.4, 0.5) is 15.2 Å². The van der Waals surface area contributed by atoms with Gasteiger partial charge in [-0.15, -0.1) is 10.2 Å². The van der Waals surface area contributed by atoms with Gasteiger partial charge in [0.25, 0.3) is 0 Å². The molecule has 0 bridgehead atoms. The minimum Gasteiger partial charge on any atom is -0.492 e. The Morgan fingerprint density at radius 1 is 1.21 bits per heavy atom. The summed E-state index contributed by atoms with van der Waals surface area (Å²) in [6, 6.07) is 14.0. The van der Waals surface area contributed by atoms with Crippen molar-refractivity contribution < 1.29 is 13.9 Å². The van der Waals surface area contributed by atoms with Gasteiger partial charge in [-0.1, -0.05) is 53.4 Å². The summed E-state index contributed by atoms with van der Waals surface area (Å²) in [6.45, 7) is 2.72. The van der Waals surface area contributed by atoms with Gasteiger partial charge in [-0.3, -0.25) is 4.79 Å². The summed E-state index contributed by atoms with van der Waals surface area (Å²) in [5, 5.41) is 12.1. The third kappa shape index (κ3) is 5.91. The number of ether oxygens (including phenoxy) is 1. The highest BCUT2D eigenvalue weighted by Gasteiger charge is 2.14. The van der Waals surface area contributed by atoms with Crippen molar-refractivity contribution in [3.05, 3.63) is 59.9 Å². The molecule has 0 spiro atoms. The number of halogens is 1. The number of hydrogen-bond acceptors (Lipinski definition) is 7. The Labute approximate surface area is 177 Å². The van der Waals surface area contributed by atoms with Gasteiger partial charge >= 0.3 is 0 Å². The van der Waals surface area contributed by atoms with E-state index >= 15 is 0 Å². The molecule has 2 aromatic carbocycles. The molecule has 1 aromatic heterocycles. The van der Waals surface area contributed by atoms with Crippen molar-refractivity contribution in [3.63, 3.8) is 0 Å². The lowest BCUT2D eigenvalue weighted by Gasteiger charge is -2.17. The van der Waals surface area contributed by atoms with Crippen LogP contribution in [0.5, 0.6) is 5.75 Å². The Morgan fingerprint density at radius 2 is 1.97 bits per heavy atom. The molecule has 152 valence electrons. The molecule has 0 fully saturated rings. The second-order valence-corrected chi connectivity index (χ2v) is 8.26. The number of para-hydroxylation sites is 2. The van der Waals surface area contributed by atoms with Gasteiger partial charge < -0.3 is 15.0 Å². The van der Waals surface area contributed by atoms with E-state index in [1.165, 1.54) is 34.1 Å². The Balaban J connectivity index is 1.54. The van der Waals surface area contributed by atoms with Crippen molar-refractivity contribution >= 4 is 39.8 Å². The monoisotopic (exact) mass is 432 g/mol. The van der Waals surface area contributed by atoms with Gasteiger partial charge in [0.2, 0.25) is 11.0 Å². The lowest BCUT2D eigenvalue weighted by molar-refractivity contribution is -0.127. The van der Waals surface area contributed by atoms with Gasteiger partial charge in [-0.25, -0.2) is 4.39 Å². The zero-order valence-corrected chi connectivity index (χ0v) is 17.7. The van der Waals surface area contributed by atoms with Crippen LogP contribution in [0.3, 0.4) is 0 Å². The molecule has 3 rings (SSSR count). The molecule has 0 unspecified atom stereocenters. The molecule has 0 saturated carbocycles. The number of amides is 1. The largest absolute Gasteiger partial charge is 0.492 e. The average molecular weight is 433 g/mol. The minimum atomic E-state index is -0.313. The zero-order chi connectivity index (χ0) is 20.6. The highest BCUT2D eigenvalue weighted by molar-refractivity contribution is 8.01. The van der Waals surface area contributed by atoms with E-state index in [1.54, 1.807) is 25.2 Å². The normalized spacial score (nSPS) is 10.6. The molecule has 0 aliphatic rings. The van der Waals surface area contributed by atoms with Gasteiger partial charge in [-0.2, -0.15) is 0 Å². The smallest absolute Gasteiger partial charge is 0.233 e. The quantitative estimate of drug-likeness (QED) is 0.500. The fourth-order valence-electron chi connectivity index (χ4n) is 2.49. The van der Waals surface area contributed by atoms with E-state index in [2.05, 4.69) is 15.5 Å². The maximum absolute atomic E-state index is 13.7. The van der Waals surface area contributed by atoms with Crippen molar-refractivity contribution in [1.82, 2.24) is 15.1 Å². The number of rotatable bonds is 9. The molecule has 6 nitrogen and oxygen atoms in total. The highest BCUT2D eigenvalue weighted by Crippen LogP contribution is 2.31. The van der Waals surface area contributed by atoms with E-state index in [-0.39, 0.29) is 24.0 Å². The van der Waals surface area contributed by atoms with Crippen LogP contribution < -0.4 is 10.1 Å². The van der Waals surface area contributed by atoms with Crippen LogP contribution in [0, 0.1) is 5.82 Å². The molecule has 0 aliphatic carbocycles. The fraction of sp³-hybridized carbons (Fsp3) is 0.250. The molecule has 1 N–H and O–H groups in total. The summed E-state index contributed by atoms with van der Waals surface area (Å²) >= 11 is 2.66. The van der Waals surface area contributed by atoms with E-state index in [4.69, 9.17) is 4.74 Å². The maximum Gasteiger partial charge on any atom is 0.233 e. The van der Waals surface area contributed by atoms with Crippen LogP contribution in [0.25, 0.3) is 0 Å². The van der Waals surface area contributed by atoms with Crippen molar-refractivity contribution in [3.8, 4) is 5.75 Å². The first-order valence-corrected chi connectivity index (χ1v) is 10.8. The number of benzene rings is 2. The molecule has 1 amide bonds. The van der Waals surface area contributed by atoms with Crippen LogP contribution in [-0.4, -0.2) is 40.4 Å². The Morgan fingerprint density at radius 3 is 2.76 bits per heavy atom. The van der Waals surface area contributed by atoms with Crippen molar-refractivity contribution in [1.29, 1.82) is 0 Å². The van der Waals surface area contributed by atoms with Gasteiger partial charge in [0.05, 0.1) is 18.0 Å². The highest BCUT2D eigenvalue weighted by atomic mass is 32.2. The van der Waals surface area contributed by atoms with Crippen LogP contribution >= 0.6 is 23.1 Å². The lowest BCUT2D eigenvalue weighted by Crippen LogP contribution is -2.28. The molecule has 29 heavy (non-hydrogen) atoms. The van der Waals surface area contributed by atoms with Crippen LogP contribution in [0.1, 0.15) is 12.5 Å². The second-order valence-electron chi connectivity index (χ2n) is 6.06. The second kappa shape index (κ2) is 10.2. The van der Waals surface area contributed by atoms with Crippen LogP contribution in [-0.2, 0) is 11.3 Å². The van der Waals surface area contributed by atoms with Crippen molar-refractivity contribution in [2.24, 2.45) is 0 Å². The molecule has 0 atom stereocenters. The van der Waals surface area contributed by atoms with E-state index in [0.29, 0.717) is 21.6 Å². The predicted octanol–water partition coefficient (Wildman–Crippen LogP) is 4.57. The van der Waals surface area contributed by atoms with Crippen LogP contribution in [0.15, 0.2) is 52.9 Å². The molecule has 0 radical (unpaired) electrons. The first-order chi connectivity index (χ1) is 14.1. The molecule has 3 aromatic rings. The molecular weight excluding hydrogens is 411 g/mol. The van der Waals surface area contributed by atoms with Crippen molar-refractivity contribution in [2.45, 2.75) is 17.8 Å². The topological polar surface area (TPSA) is 67.3 Å². The number of carbonyl (C=O) groups is 1. The third-order valence-corrected chi connectivity index (χ3v) is 5.90. The molecule has 0 saturated heterocycles. The van der Waals surface area contributed by atoms with Crippen LogP contribution in [0.2, 0.25) is 0 Å². The number of thioether (sulfide) groups is 1. The number of aromatic nitrogens is 2. The summed E-state index contributed by atoms with van der Waals surface area (Å²) in [6.07, 6.45) is 0. The van der Waals surface area contributed by atoms with E-state index < -0.39 is 0 Å². The van der Waals surface area contributed by atoms with Gasteiger partial charge in [0, 0.05) is 19.2 Å². The summed E-state index contributed by atoms with van der Waals surface area (Å²) in [7, 11) is 1.66. The average Bonchev–Trinajstić information content (AvgIpc) is 3.17. The summed E-state index contributed by atoms with van der Waals surface area (Å²) in [4.78, 5) is 13.9. The number of anilines is 2. The lowest BCUT2D eigenvalue weighted by atomic mass is 10.2. The Kier molecular flexibility index (Phi) is 7.42. The van der Waals surface area contributed by atoms with Gasteiger partial charge in [0.1, 0.15) is 11.6 Å². The molecule has 0 aliphatic heterocycles. The predicted molar refractivity (Wildman–Crippen MR) is 114 cm³/mol.